The third kappa shape index (κ3) is 1.19. The van der Waals surface area contributed by atoms with Gasteiger partial charge in [-0.25, -0.2) is 0 Å². The minimum atomic E-state index is 1.24. The van der Waals surface area contributed by atoms with E-state index in [9.17, 15) is 0 Å². The molecular formula is C7H10. The van der Waals surface area contributed by atoms with Crippen LogP contribution < -0.4 is 0 Å². The summed E-state index contributed by atoms with van der Waals surface area (Å²) in [5, 5.41) is 0. The van der Waals surface area contributed by atoms with Gasteiger partial charge in [-0.3, -0.25) is 0 Å². The fraction of sp³-hybridized carbons (Fsp3) is 0.429. The zero-order valence-electron chi connectivity index (χ0n) is 4.65. The Labute approximate surface area is 44.5 Å². The monoisotopic (exact) mass is 94.1 g/mol. The van der Waals surface area contributed by atoms with Crippen LogP contribution in [0.3, 0.4) is 0 Å². The molecule has 0 radical (unpaired) electrons. The maximum absolute atomic E-state index is 2.20. The second-order valence-corrected chi connectivity index (χ2v) is 1.98. The Kier molecular flexibility index (Phi) is 1.30. The second kappa shape index (κ2) is 1.97. The van der Waals surface area contributed by atoms with Gasteiger partial charge >= 0.3 is 0 Å². The topological polar surface area (TPSA) is 0 Å². The first kappa shape index (κ1) is 4.63. The van der Waals surface area contributed by atoms with Crippen LogP contribution in [0.5, 0.6) is 0 Å². The van der Waals surface area contributed by atoms with Gasteiger partial charge < -0.3 is 0 Å². The second-order valence-electron chi connectivity index (χ2n) is 1.98. The molecule has 1 aliphatic rings. The van der Waals surface area contributed by atoms with Crippen LogP contribution >= 0.6 is 0 Å². The number of hydrogen-bond acceptors (Lipinski definition) is 0. The average molecular weight is 94.2 g/mol. The molecule has 0 aromatic carbocycles. The van der Waals surface area contributed by atoms with E-state index in [0.29, 0.717) is 0 Å². The van der Waals surface area contributed by atoms with Crippen LogP contribution in [0, 0.1) is 0 Å². The highest BCUT2D eigenvalue weighted by Gasteiger charge is 1.88. The molecule has 0 N–H and O–H groups in total. The maximum atomic E-state index is 2.20. The predicted octanol–water partition coefficient (Wildman–Crippen LogP) is 2.28. The Morgan fingerprint density at radius 2 is 2.43 bits per heavy atom. The minimum absolute atomic E-state index is 1.24. The van der Waals surface area contributed by atoms with Gasteiger partial charge in [-0.1, -0.05) is 23.8 Å². The quantitative estimate of drug-likeness (QED) is 0.432. The molecular weight excluding hydrogens is 84.1 g/mol. The summed E-state index contributed by atoms with van der Waals surface area (Å²) in [6.07, 6.45) is 8.99. The summed E-state index contributed by atoms with van der Waals surface area (Å²) in [6, 6.07) is 0. The number of allylic oxidation sites excluding steroid dienone is 4. The Bertz CT molecular complexity index is 107. The zero-order chi connectivity index (χ0) is 5.11. The molecule has 0 amide bonds. The molecule has 0 atom stereocenters. The molecule has 38 valence electrons. The third-order valence-corrected chi connectivity index (χ3v) is 1.22. The first-order valence-electron chi connectivity index (χ1n) is 2.72. The van der Waals surface area contributed by atoms with Crippen molar-refractivity contribution in [1.82, 2.24) is 0 Å². The lowest BCUT2D eigenvalue weighted by molar-refractivity contribution is 0.962. The van der Waals surface area contributed by atoms with E-state index in [1.54, 1.807) is 0 Å². The molecule has 0 saturated carbocycles. The van der Waals surface area contributed by atoms with Crippen LogP contribution in [0.1, 0.15) is 19.8 Å². The van der Waals surface area contributed by atoms with Crippen molar-refractivity contribution >= 4 is 0 Å². The molecule has 0 heteroatoms. The van der Waals surface area contributed by atoms with Crippen molar-refractivity contribution in [3.63, 3.8) is 0 Å². The Morgan fingerprint density at radius 1 is 1.57 bits per heavy atom. The lowest BCUT2D eigenvalue weighted by Gasteiger charge is -1.98. The molecule has 0 spiro atoms. The summed E-state index contributed by atoms with van der Waals surface area (Å²) in [6.45, 7) is 2.17. The number of rotatable bonds is 0. The van der Waals surface area contributed by atoms with Gasteiger partial charge in [-0.05, 0) is 19.8 Å². The van der Waals surface area contributed by atoms with Crippen molar-refractivity contribution in [3.05, 3.63) is 23.8 Å². The van der Waals surface area contributed by atoms with Crippen molar-refractivity contribution in [2.24, 2.45) is 0 Å². The van der Waals surface area contributed by atoms with E-state index in [4.69, 9.17) is 0 Å². The molecule has 0 heterocycles. The summed E-state index contributed by atoms with van der Waals surface area (Å²) in [7, 11) is 0. The van der Waals surface area contributed by atoms with Gasteiger partial charge in [-0.15, -0.1) is 0 Å². The van der Waals surface area contributed by atoms with E-state index in [2.05, 4.69) is 25.2 Å². The lowest BCUT2D eigenvalue weighted by Crippen LogP contribution is -1.78. The van der Waals surface area contributed by atoms with Crippen LogP contribution in [-0.2, 0) is 0 Å². The Hall–Kier alpha value is -0.520. The fourth-order valence-electron chi connectivity index (χ4n) is 0.723. The summed E-state index contributed by atoms with van der Waals surface area (Å²) >= 11 is 0. The van der Waals surface area contributed by atoms with Crippen LogP contribution in [0.2, 0.25) is 0 Å². The summed E-state index contributed by atoms with van der Waals surface area (Å²) in [4.78, 5) is 0. The van der Waals surface area contributed by atoms with Gasteiger partial charge in [0.2, 0.25) is 0 Å². The standard InChI is InChI=1S/C7H10/c1-7-5-3-2-4-6-7/h2-3,5H,4,6H2,1H3. The van der Waals surface area contributed by atoms with Crippen molar-refractivity contribution in [1.29, 1.82) is 0 Å². The van der Waals surface area contributed by atoms with Crippen molar-refractivity contribution < 1.29 is 0 Å². The summed E-state index contributed by atoms with van der Waals surface area (Å²) in [5.41, 5.74) is 1.50. The van der Waals surface area contributed by atoms with Crippen molar-refractivity contribution in [3.8, 4) is 0 Å². The van der Waals surface area contributed by atoms with E-state index in [1.807, 2.05) is 0 Å². The minimum Gasteiger partial charge on any atom is -0.0842 e. The van der Waals surface area contributed by atoms with Crippen molar-refractivity contribution in [2.75, 3.05) is 0 Å². The SMILES string of the molecule is CC1=CC=CCC1. The molecule has 0 fully saturated rings. The van der Waals surface area contributed by atoms with Gasteiger partial charge in [0, 0.05) is 0 Å². The van der Waals surface area contributed by atoms with E-state index >= 15 is 0 Å². The van der Waals surface area contributed by atoms with Crippen LogP contribution in [0.4, 0.5) is 0 Å². The molecule has 0 aliphatic heterocycles. The first-order valence-corrected chi connectivity index (χ1v) is 2.72. The normalized spacial score (nSPS) is 19.3. The van der Waals surface area contributed by atoms with E-state index < -0.39 is 0 Å². The highest BCUT2D eigenvalue weighted by Crippen LogP contribution is 2.08. The first-order chi connectivity index (χ1) is 3.39. The highest BCUT2D eigenvalue weighted by molar-refractivity contribution is 5.15. The van der Waals surface area contributed by atoms with Gasteiger partial charge in [-0.2, -0.15) is 0 Å². The molecule has 1 rings (SSSR count). The van der Waals surface area contributed by atoms with E-state index in [1.165, 1.54) is 18.4 Å². The molecule has 0 bridgehead atoms. The lowest BCUT2D eigenvalue weighted by atomic mass is 10.1. The molecule has 0 nitrogen and oxygen atoms in total. The smallest absolute Gasteiger partial charge is 0.0285 e. The molecule has 0 saturated heterocycles. The van der Waals surface area contributed by atoms with Gasteiger partial charge in [0.25, 0.3) is 0 Å². The van der Waals surface area contributed by atoms with Gasteiger partial charge in [0.15, 0.2) is 0 Å². The Morgan fingerprint density at radius 3 is 2.71 bits per heavy atom. The number of hydrogen-bond donors (Lipinski definition) is 0. The largest absolute Gasteiger partial charge is 0.0842 e. The van der Waals surface area contributed by atoms with Gasteiger partial charge in [0.05, 0.1) is 0 Å². The third-order valence-electron chi connectivity index (χ3n) is 1.22. The van der Waals surface area contributed by atoms with Crippen LogP contribution in [0.15, 0.2) is 23.8 Å². The van der Waals surface area contributed by atoms with E-state index in [-0.39, 0.29) is 0 Å². The average Bonchev–Trinajstić information content (AvgIpc) is 1.69. The Balaban J connectivity index is 2.57. The predicted molar refractivity (Wildman–Crippen MR) is 32.1 cm³/mol. The van der Waals surface area contributed by atoms with Crippen LogP contribution in [0.25, 0.3) is 0 Å². The zero-order valence-corrected chi connectivity index (χ0v) is 4.65. The maximum Gasteiger partial charge on any atom is -0.0285 e. The van der Waals surface area contributed by atoms with E-state index in [0.717, 1.165) is 0 Å². The summed E-state index contributed by atoms with van der Waals surface area (Å²) < 4.78 is 0. The molecule has 0 aromatic heterocycles. The van der Waals surface area contributed by atoms with Gasteiger partial charge in [0.1, 0.15) is 0 Å². The molecule has 0 unspecified atom stereocenters. The van der Waals surface area contributed by atoms with Crippen LogP contribution in [-0.4, -0.2) is 0 Å². The summed E-state index contributed by atoms with van der Waals surface area (Å²) in [5.74, 6) is 0. The molecule has 1 aliphatic carbocycles. The molecule has 0 aromatic rings. The molecule has 7 heavy (non-hydrogen) atoms. The highest BCUT2D eigenvalue weighted by atomic mass is 13.9. The van der Waals surface area contributed by atoms with Crippen molar-refractivity contribution in [2.45, 2.75) is 19.8 Å². The fourth-order valence-corrected chi connectivity index (χ4v) is 0.723.